The first kappa shape index (κ1) is 24.1. The second kappa shape index (κ2) is 11.4. The van der Waals surface area contributed by atoms with Gasteiger partial charge in [0.2, 0.25) is 0 Å². The van der Waals surface area contributed by atoms with E-state index in [1.807, 2.05) is 6.92 Å². The monoisotopic (exact) mass is 453 g/mol. The number of morpholine rings is 1. The minimum absolute atomic E-state index is 0.320. The number of anilines is 1. The number of aliphatic hydroxyl groups is 1. The molecular formula is C26H39N5O2. The van der Waals surface area contributed by atoms with Gasteiger partial charge in [-0.3, -0.25) is 9.80 Å². The van der Waals surface area contributed by atoms with E-state index < -0.39 is 0 Å². The fraction of sp³-hybridized carbons (Fsp3) is 0.615. The number of nitrogens with zero attached hydrogens (tertiary/aromatic N) is 5. The van der Waals surface area contributed by atoms with E-state index in [4.69, 9.17) is 14.7 Å². The van der Waals surface area contributed by atoms with Crippen LogP contribution in [-0.4, -0.2) is 96.6 Å². The van der Waals surface area contributed by atoms with E-state index in [-0.39, 0.29) is 6.10 Å². The lowest BCUT2D eigenvalue weighted by molar-refractivity contribution is 0.00655. The highest BCUT2D eigenvalue weighted by Gasteiger charge is 2.25. The Morgan fingerprint density at radius 3 is 2.33 bits per heavy atom. The summed E-state index contributed by atoms with van der Waals surface area (Å²) in [5.41, 5.74) is 5.00. The van der Waals surface area contributed by atoms with Gasteiger partial charge in [-0.2, -0.15) is 0 Å². The Hall–Kier alpha value is -2.06. The molecule has 1 aromatic heterocycles. The van der Waals surface area contributed by atoms with Gasteiger partial charge in [0.05, 0.1) is 19.3 Å². The van der Waals surface area contributed by atoms with Gasteiger partial charge >= 0.3 is 0 Å². The molecule has 0 spiro atoms. The number of rotatable bonds is 8. The zero-order valence-electron chi connectivity index (χ0n) is 20.5. The molecule has 0 bridgehead atoms. The molecule has 4 rings (SSSR count). The highest BCUT2D eigenvalue weighted by atomic mass is 16.5. The maximum Gasteiger partial charge on any atom is 0.136 e. The van der Waals surface area contributed by atoms with Crippen LogP contribution in [0.25, 0.3) is 0 Å². The number of aliphatic hydroxyl groups excluding tert-OH is 1. The summed E-state index contributed by atoms with van der Waals surface area (Å²) in [7, 11) is 0. The van der Waals surface area contributed by atoms with Crippen molar-refractivity contribution in [3.05, 3.63) is 52.5 Å². The average molecular weight is 454 g/mol. The topological polar surface area (TPSA) is 65.0 Å². The summed E-state index contributed by atoms with van der Waals surface area (Å²) < 4.78 is 5.41. The molecule has 0 radical (unpaired) electrons. The average Bonchev–Trinajstić information content (AvgIpc) is 2.81. The van der Waals surface area contributed by atoms with Gasteiger partial charge in [0.1, 0.15) is 11.6 Å². The molecule has 1 unspecified atom stereocenters. The van der Waals surface area contributed by atoms with Crippen LogP contribution >= 0.6 is 0 Å². The van der Waals surface area contributed by atoms with Crippen LogP contribution < -0.4 is 4.90 Å². The van der Waals surface area contributed by atoms with Crippen molar-refractivity contribution >= 4 is 5.82 Å². The molecule has 2 saturated heterocycles. The van der Waals surface area contributed by atoms with Crippen LogP contribution in [0.5, 0.6) is 0 Å². The van der Waals surface area contributed by atoms with E-state index in [1.54, 1.807) is 0 Å². The van der Waals surface area contributed by atoms with Gasteiger partial charge in [0.15, 0.2) is 0 Å². The smallest absolute Gasteiger partial charge is 0.136 e. The van der Waals surface area contributed by atoms with Crippen LogP contribution in [0.4, 0.5) is 5.82 Å². The quantitative estimate of drug-likeness (QED) is 0.656. The van der Waals surface area contributed by atoms with E-state index in [1.165, 1.54) is 16.7 Å². The highest BCUT2D eigenvalue weighted by molar-refractivity contribution is 5.52. The molecule has 33 heavy (non-hydrogen) atoms. The van der Waals surface area contributed by atoms with Crippen LogP contribution in [0.1, 0.15) is 35.1 Å². The van der Waals surface area contributed by atoms with Crippen molar-refractivity contribution in [2.45, 2.75) is 39.7 Å². The third-order valence-corrected chi connectivity index (χ3v) is 6.69. The third-order valence-electron chi connectivity index (χ3n) is 6.69. The number of β-amino-alcohol motifs (C(OH)–C–C–N with tert-alkyl or cyclic N) is 1. The van der Waals surface area contributed by atoms with Crippen LogP contribution in [0.2, 0.25) is 0 Å². The summed E-state index contributed by atoms with van der Waals surface area (Å²) >= 11 is 0. The largest absolute Gasteiger partial charge is 0.390 e. The number of hydrogen-bond acceptors (Lipinski definition) is 7. The van der Waals surface area contributed by atoms with Crippen LogP contribution in [-0.2, 0) is 17.6 Å². The fourth-order valence-electron chi connectivity index (χ4n) is 4.98. The van der Waals surface area contributed by atoms with Crippen molar-refractivity contribution < 1.29 is 9.84 Å². The second-order valence-electron chi connectivity index (χ2n) is 9.39. The Labute approximate surface area is 198 Å². The first-order chi connectivity index (χ1) is 16.0. The van der Waals surface area contributed by atoms with Gasteiger partial charge in [-0.25, -0.2) is 9.97 Å². The third kappa shape index (κ3) is 6.51. The lowest BCUT2D eigenvalue weighted by Crippen LogP contribution is -2.51. The Bertz CT molecular complexity index is 908. The molecule has 3 heterocycles. The molecule has 2 aliphatic heterocycles. The summed E-state index contributed by atoms with van der Waals surface area (Å²) in [6, 6.07) is 8.73. The SMILES string of the molecule is CCc1nc(C)nc(N2CCN(CC(O)CN3CCOCC3)CC2)c1Cc1cccc(C)c1. The van der Waals surface area contributed by atoms with Gasteiger partial charge < -0.3 is 14.7 Å². The fourth-order valence-corrected chi connectivity index (χ4v) is 4.98. The van der Waals surface area contributed by atoms with Gasteiger partial charge in [0.25, 0.3) is 0 Å². The molecule has 180 valence electrons. The van der Waals surface area contributed by atoms with Crippen molar-refractivity contribution in [1.29, 1.82) is 0 Å². The molecule has 1 atom stereocenters. The van der Waals surface area contributed by atoms with Crippen molar-refractivity contribution in [3.8, 4) is 0 Å². The molecule has 0 saturated carbocycles. The normalized spacial score (nSPS) is 19.1. The predicted octanol–water partition coefficient (Wildman–Crippen LogP) is 2.06. The molecule has 0 amide bonds. The van der Waals surface area contributed by atoms with E-state index in [9.17, 15) is 5.11 Å². The van der Waals surface area contributed by atoms with E-state index in [0.717, 1.165) is 95.7 Å². The van der Waals surface area contributed by atoms with Gasteiger partial charge in [-0.15, -0.1) is 0 Å². The maximum absolute atomic E-state index is 10.6. The molecule has 2 fully saturated rings. The molecule has 2 aromatic rings. The van der Waals surface area contributed by atoms with Crippen molar-refractivity contribution in [3.63, 3.8) is 0 Å². The van der Waals surface area contributed by atoms with E-state index >= 15 is 0 Å². The minimum Gasteiger partial charge on any atom is -0.390 e. The molecule has 1 N–H and O–H groups in total. The minimum atomic E-state index is -0.320. The number of aromatic nitrogens is 2. The molecular weight excluding hydrogens is 414 g/mol. The number of benzene rings is 1. The lowest BCUT2D eigenvalue weighted by Gasteiger charge is -2.38. The first-order valence-corrected chi connectivity index (χ1v) is 12.4. The summed E-state index contributed by atoms with van der Waals surface area (Å²) in [6.07, 6.45) is 1.45. The standard InChI is InChI=1S/C26H39N5O2/c1-4-25-24(17-22-7-5-6-20(2)16-22)26(28-21(3)27-25)31-10-8-29(9-11-31)18-23(32)19-30-12-14-33-15-13-30/h5-7,16,23,32H,4,8-15,17-19H2,1-3H3. The first-order valence-electron chi connectivity index (χ1n) is 12.4. The maximum atomic E-state index is 10.6. The van der Waals surface area contributed by atoms with Gasteiger partial charge in [-0.1, -0.05) is 36.8 Å². The van der Waals surface area contributed by atoms with E-state index in [0.29, 0.717) is 0 Å². The summed E-state index contributed by atoms with van der Waals surface area (Å²) in [5, 5.41) is 10.6. The summed E-state index contributed by atoms with van der Waals surface area (Å²) in [4.78, 5) is 16.8. The Morgan fingerprint density at radius 1 is 0.970 bits per heavy atom. The van der Waals surface area contributed by atoms with E-state index in [2.05, 4.69) is 52.8 Å². The van der Waals surface area contributed by atoms with Crippen LogP contribution in [0.3, 0.4) is 0 Å². The van der Waals surface area contributed by atoms with Gasteiger partial charge in [-0.05, 0) is 25.8 Å². The van der Waals surface area contributed by atoms with Crippen molar-refractivity contribution in [1.82, 2.24) is 19.8 Å². The Morgan fingerprint density at radius 2 is 1.67 bits per heavy atom. The molecule has 2 aliphatic rings. The summed E-state index contributed by atoms with van der Waals surface area (Å²) in [5.74, 6) is 1.94. The van der Waals surface area contributed by atoms with Crippen molar-refractivity contribution in [2.24, 2.45) is 0 Å². The van der Waals surface area contributed by atoms with Crippen LogP contribution in [0.15, 0.2) is 24.3 Å². The number of ether oxygens (including phenoxy) is 1. The molecule has 7 heteroatoms. The zero-order valence-corrected chi connectivity index (χ0v) is 20.5. The predicted molar refractivity (Wildman–Crippen MR) is 132 cm³/mol. The van der Waals surface area contributed by atoms with Crippen molar-refractivity contribution in [2.75, 3.05) is 70.5 Å². The number of piperazine rings is 1. The Balaban J connectivity index is 1.41. The number of hydrogen-bond donors (Lipinski definition) is 1. The van der Waals surface area contributed by atoms with Crippen LogP contribution in [0, 0.1) is 13.8 Å². The molecule has 1 aromatic carbocycles. The Kier molecular flexibility index (Phi) is 8.30. The zero-order chi connectivity index (χ0) is 23.2. The second-order valence-corrected chi connectivity index (χ2v) is 9.39. The highest BCUT2D eigenvalue weighted by Crippen LogP contribution is 2.26. The number of aryl methyl sites for hydroxylation is 3. The molecule has 7 nitrogen and oxygen atoms in total. The lowest BCUT2D eigenvalue weighted by atomic mass is 10.0. The summed E-state index contributed by atoms with van der Waals surface area (Å²) in [6.45, 7) is 14.9. The van der Waals surface area contributed by atoms with Gasteiger partial charge in [0, 0.05) is 70.0 Å². The molecule has 0 aliphatic carbocycles.